The standard InChI is InChI=1S/C11H23N3O/c12-6-2-1-5-11(15)13-7-10-14-8-3-4-9-14/h1-10,12H2,(H,13,15). The monoisotopic (exact) mass is 213 g/mol. The number of unbranched alkanes of at least 4 members (excludes halogenated alkanes) is 1. The van der Waals surface area contributed by atoms with Crippen LogP contribution in [-0.2, 0) is 4.79 Å². The van der Waals surface area contributed by atoms with Crippen LogP contribution in [0, 0.1) is 0 Å². The van der Waals surface area contributed by atoms with Crippen molar-refractivity contribution in [3.8, 4) is 0 Å². The number of amides is 1. The number of nitrogens with two attached hydrogens (primary N) is 1. The Labute approximate surface area is 92.2 Å². The van der Waals surface area contributed by atoms with Gasteiger partial charge >= 0.3 is 0 Å². The Balaban J connectivity index is 1.91. The number of hydrogen-bond donors (Lipinski definition) is 2. The first-order valence-corrected chi connectivity index (χ1v) is 6.02. The molecule has 0 aromatic rings. The zero-order valence-electron chi connectivity index (χ0n) is 9.50. The Morgan fingerprint density at radius 1 is 1.27 bits per heavy atom. The molecule has 0 unspecified atom stereocenters. The van der Waals surface area contributed by atoms with Gasteiger partial charge in [0.15, 0.2) is 0 Å². The molecule has 15 heavy (non-hydrogen) atoms. The summed E-state index contributed by atoms with van der Waals surface area (Å²) in [5.41, 5.74) is 5.36. The summed E-state index contributed by atoms with van der Waals surface area (Å²) in [5, 5.41) is 2.95. The van der Waals surface area contributed by atoms with Gasteiger partial charge in [0.2, 0.25) is 5.91 Å². The Bertz CT molecular complexity index is 179. The second kappa shape index (κ2) is 7.65. The summed E-state index contributed by atoms with van der Waals surface area (Å²) in [7, 11) is 0. The maximum Gasteiger partial charge on any atom is 0.220 e. The molecule has 1 saturated heterocycles. The Morgan fingerprint density at radius 3 is 2.67 bits per heavy atom. The van der Waals surface area contributed by atoms with Crippen LogP contribution in [0.5, 0.6) is 0 Å². The van der Waals surface area contributed by atoms with Gasteiger partial charge in [-0.1, -0.05) is 0 Å². The first kappa shape index (κ1) is 12.5. The van der Waals surface area contributed by atoms with Crippen molar-refractivity contribution in [1.82, 2.24) is 10.2 Å². The first-order chi connectivity index (χ1) is 7.33. The van der Waals surface area contributed by atoms with Gasteiger partial charge in [-0.05, 0) is 45.3 Å². The summed E-state index contributed by atoms with van der Waals surface area (Å²) in [6, 6.07) is 0. The van der Waals surface area contributed by atoms with Crippen LogP contribution in [0.25, 0.3) is 0 Å². The van der Waals surface area contributed by atoms with E-state index in [2.05, 4.69) is 10.2 Å². The molecule has 0 aromatic heterocycles. The molecule has 4 heteroatoms. The molecular weight excluding hydrogens is 190 g/mol. The third-order valence-electron chi connectivity index (χ3n) is 2.81. The SMILES string of the molecule is NCCCCC(=O)NCCN1CCCC1. The molecule has 0 aliphatic carbocycles. The van der Waals surface area contributed by atoms with Crippen LogP contribution in [0.15, 0.2) is 0 Å². The fraction of sp³-hybridized carbons (Fsp3) is 0.909. The third-order valence-corrected chi connectivity index (χ3v) is 2.81. The van der Waals surface area contributed by atoms with E-state index in [1.54, 1.807) is 0 Å². The molecule has 4 nitrogen and oxygen atoms in total. The van der Waals surface area contributed by atoms with Gasteiger partial charge in [0.1, 0.15) is 0 Å². The predicted octanol–water partition coefficient (Wildman–Crippen LogP) is 0.327. The van der Waals surface area contributed by atoms with E-state index in [4.69, 9.17) is 5.73 Å². The molecule has 0 atom stereocenters. The molecule has 0 bridgehead atoms. The number of carbonyl (C=O) groups excluding carboxylic acids is 1. The summed E-state index contributed by atoms with van der Waals surface area (Å²) in [5.74, 6) is 0.169. The van der Waals surface area contributed by atoms with Gasteiger partial charge in [0.25, 0.3) is 0 Å². The van der Waals surface area contributed by atoms with Gasteiger partial charge in [0.05, 0.1) is 0 Å². The van der Waals surface area contributed by atoms with Crippen molar-refractivity contribution in [2.24, 2.45) is 5.73 Å². The lowest BCUT2D eigenvalue weighted by molar-refractivity contribution is -0.121. The number of likely N-dealkylation sites (tertiary alicyclic amines) is 1. The van der Waals surface area contributed by atoms with Crippen molar-refractivity contribution < 1.29 is 4.79 Å². The number of hydrogen-bond acceptors (Lipinski definition) is 3. The smallest absolute Gasteiger partial charge is 0.220 e. The second-order valence-electron chi connectivity index (χ2n) is 4.14. The molecule has 1 aliphatic heterocycles. The van der Waals surface area contributed by atoms with E-state index in [1.165, 1.54) is 25.9 Å². The number of nitrogens with one attached hydrogen (secondary N) is 1. The fourth-order valence-corrected chi connectivity index (χ4v) is 1.88. The summed E-state index contributed by atoms with van der Waals surface area (Å²) >= 11 is 0. The zero-order valence-corrected chi connectivity index (χ0v) is 9.50. The van der Waals surface area contributed by atoms with E-state index in [9.17, 15) is 4.79 Å². The van der Waals surface area contributed by atoms with Crippen LogP contribution in [-0.4, -0.2) is 43.5 Å². The lowest BCUT2D eigenvalue weighted by Crippen LogP contribution is -2.33. The minimum atomic E-state index is 0.169. The molecular formula is C11H23N3O. The van der Waals surface area contributed by atoms with E-state index >= 15 is 0 Å². The number of carbonyl (C=O) groups is 1. The highest BCUT2D eigenvalue weighted by Crippen LogP contribution is 2.05. The Hall–Kier alpha value is -0.610. The maximum absolute atomic E-state index is 11.3. The van der Waals surface area contributed by atoms with Crippen LogP contribution in [0.3, 0.4) is 0 Å². The van der Waals surface area contributed by atoms with E-state index in [0.29, 0.717) is 13.0 Å². The molecule has 0 aromatic carbocycles. The van der Waals surface area contributed by atoms with Crippen molar-refractivity contribution in [1.29, 1.82) is 0 Å². The third kappa shape index (κ3) is 5.74. The highest BCUT2D eigenvalue weighted by atomic mass is 16.1. The lowest BCUT2D eigenvalue weighted by atomic mass is 10.2. The number of rotatable bonds is 7. The summed E-state index contributed by atoms with van der Waals surface area (Å²) in [6.07, 6.45) is 5.09. The molecule has 3 N–H and O–H groups in total. The van der Waals surface area contributed by atoms with Crippen LogP contribution < -0.4 is 11.1 Å². The topological polar surface area (TPSA) is 58.4 Å². The van der Waals surface area contributed by atoms with Gasteiger partial charge in [-0.2, -0.15) is 0 Å². The van der Waals surface area contributed by atoms with Gasteiger partial charge in [0, 0.05) is 19.5 Å². The average Bonchev–Trinajstić information content (AvgIpc) is 2.71. The fourth-order valence-electron chi connectivity index (χ4n) is 1.88. The second-order valence-corrected chi connectivity index (χ2v) is 4.14. The molecule has 1 heterocycles. The highest BCUT2D eigenvalue weighted by Gasteiger charge is 2.10. The largest absolute Gasteiger partial charge is 0.355 e. The van der Waals surface area contributed by atoms with Gasteiger partial charge < -0.3 is 16.0 Å². The van der Waals surface area contributed by atoms with Crippen LogP contribution in [0.2, 0.25) is 0 Å². The molecule has 1 rings (SSSR count). The molecule has 1 amide bonds. The van der Waals surface area contributed by atoms with Crippen LogP contribution in [0.1, 0.15) is 32.1 Å². The van der Waals surface area contributed by atoms with E-state index in [-0.39, 0.29) is 5.91 Å². The van der Waals surface area contributed by atoms with E-state index in [1.807, 2.05) is 0 Å². The lowest BCUT2D eigenvalue weighted by Gasteiger charge is -2.14. The molecule has 1 aliphatic rings. The molecule has 0 radical (unpaired) electrons. The van der Waals surface area contributed by atoms with Crippen molar-refractivity contribution in [3.63, 3.8) is 0 Å². The number of nitrogens with zero attached hydrogens (tertiary/aromatic N) is 1. The summed E-state index contributed by atoms with van der Waals surface area (Å²) in [4.78, 5) is 13.7. The van der Waals surface area contributed by atoms with Gasteiger partial charge in [-0.25, -0.2) is 0 Å². The van der Waals surface area contributed by atoms with E-state index in [0.717, 1.165) is 25.9 Å². The average molecular weight is 213 g/mol. The quantitative estimate of drug-likeness (QED) is 0.599. The first-order valence-electron chi connectivity index (χ1n) is 6.02. The predicted molar refractivity (Wildman–Crippen MR) is 61.6 cm³/mol. The Morgan fingerprint density at radius 2 is 2.00 bits per heavy atom. The minimum Gasteiger partial charge on any atom is -0.355 e. The van der Waals surface area contributed by atoms with Gasteiger partial charge in [-0.15, -0.1) is 0 Å². The molecule has 0 spiro atoms. The van der Waals surface area contributed by atoms with Crippen LogP contribution in [0.4, 0.5) is 0 Å². The zero-order chi connectivity index (χ0) is 10.9. The van der Waals surface area contributed by atoms with Crippen molar-refractivity contribution in [3.05, 3.63) is 0 Å². The van der Waals surface area contributed by atoms with Crippen molar-refractivity contribution in [2.75, 3.05) is 32.7 Å². The van der Waals surface area contributed by atoms with Crippen molar-refractivity contribution >= 4 is 5.91 Å². The van der Waals surface area contributed by atoms with Crippen LogP contribution >= 0.6 is 0 Å². The van der Waals surface area contributed by atoms with E-state index < -0.39 is 0 Å². The minimum absolute atomic E-state index is 0.169. The van der Waals surface area contributed by atoms with Crippen molar-refractivity contribution in [2.45, 2.75) is 32.1 Å². The van der Waals surface area contributed by atoms with Gasteiger partial charge in [-0.3, -0.25) is 4.79 Å². The molecule has 88 valence electrons. The Kier molecular flexibility index (Phi) is 6.36. The molecule has 0 saturated carbocycles. The maximum atomic E-state index is 11.3. The normalized spacial score (nSPS) is 16.9. The highest BCUT2D eigenvalue weighted by molar-refractivity contribution is 5.75. The summed E-state index contributed by atoms with van der Waals surface area (Å²) in [6.45, 7) is 4.87. The molecule has 1 fully saturated rings. The summed E-state index contributed by atoms with van der Waals surface area (Å²) < 4.78 is 0.